The smallest absolute Gasteiger partial charge is 0.170 e. The lowest BCUT2D eigenvalue weighted by molar-refractivity contribution is 0.316. The van der Waals surface area contributed by atoms with E-state index in [1.165, 1.54) is 22.6 Å². The third-order valence-corrected chi connectivity index (χ3v) is 6.42. The molecule has 1 aromatic carbocycles. The van der Waals surface area contributed by atoms with Gasteiger partial charge in [0.2, 0.25) is 0 Å². The predicted molar refractivity (Wildman–Crippen MR) is 125 cm³/mol. The molecule has 2 atom stereocenters. The topological polar surface area (TPSA) is 33.1 Å². The average Bonchev–Trinajstić information content (AvgIpc) is 3.20. The van der Waals surface area contributed by atoms with Crippen molar-refractivity contribution >= 4 is 33.3 Å². The molecule has 29 heavy (non-hydrogen) atoms. The number of nitrogens with zero attached hydrogens (tertiary/aromatic N) is 3. The normalized spacial score (nSPS) is 18.9. The molecule has 0 radical (unpaired) electrons. The van der Waals surface area contributed by atoms with E-state index in [1.54, 1.807) is 0 Å². The number of pyridine rings is 1. The van der Waals surface area contributed by atoms with Gasteiger partial charge in [0.25, 0.3) is 0 Å². The minimum absolute atomic E-state index is 0.0362. The maximum atomic E-state index is 5.73. The fourth-order valence-electron chi connectivity index (χ4n) is 4.30. The number of nitrogens with one attached hydrogen (secondary N) is 1. The number of aromatic nitrogens is 2. The SMILES string of the molecule is CCCN1C(=S)N[C@@H](c2ccccn2)[C@@H]1c1cc(C)n(-c2ccc(Br)cc2)c1C. The largest absolute Gasteiger partial charge is 0.352 e. The summed E-state index contributed by atoms with van der Waals surface area (Å²) < 4.78 is 3.40. The lowest BCUT2D eigenvalue weighted by atomic mass is 9.96. The van der Waals surface area contributed by atoms with Crippen molar-refractivity contribution in [2.75, 3.05) is 6.54 Å². The maximum absolute atomic E-state index is 5.73. The maximum Gasteiger partial charge on any atom is 0.170 e. The molecule has 4 nitrogen and oxygen atoms in total. The second kappa shape index (κ2) is 8.28. The molecule has 2 aromatic heterocycles. The first-order valence-electron chi connectivity index (χ1n) is 9.94. The Balaban J connectivity index is 1.82. The molecule has 0 aliphatic carbocycles. The first-order valence-corrected chi connectivity index (χ1v) is 11.1. The molecule has 6 heteroatoms. The highest BCUT2D eigenvalue weighted by Gasteiger charge is 2.40. The molecule has 1 aliphatic heterocycles. The van der Waals surface area contributed by atoms with Gasteiger partial charge in [-0.25, -0.2) is 0 Å². The number of aryl methyl sites for hydroxylation is 1. The van der Waals surface area contributed by atoms with Gasteiger partial charge >= 0.3 is 0 Å². The molecule has 0 bridgehead atoms. The van der Waals surface area contributed by atoms with Crippen LogP contribution in [0.15, 0.2) is 59.2 Å². The standard InChI is InChI=1S/C23H25BrN4S/c1-4-13-27-22(21(26-23(27)29)20-7-5-6-12-25-20)19-14-15(2)28(16(19)3)18-10-8-17(24)9-11-18/h5-12,14,21-22H,4,13H2,1-3H3,(H,26,29)/t21-,22-/m0/s1. The van der Waals surface area contributed by atoms with Gasteiger partial charge in [-0.1, -0.05) is 28.9 Å². The van der Waals surface area contributed by atoms with Crippen molar-refractivity contribution in [3.05, 3.63) is 81.8 Å². The Bertz CT molecular complexity index is 1010. The van der Waals surface area contributed by atoms with Gasteiger partial charge in [-0.15, -0.1) is 0 Å². The Morgan fingerprint density at radius 2 is 1.90 bits per heavy atom. The highest BCUT2D eigenvalue weighted by Crippen LogP contribution is 2.41. The monoisotopic (exact) mass is 468 g/mol. The van der Waals surface area contributed by atoms with Crippen LogP contribution in [0.4, 0.5) is 0 Å². The number of halogens is 1. The molecule has 0 unspecified atom stereocenters. The summed E-state index contributed by atoms with van der Waals surface area (Å²) in [4.78, 5) is 6.95. The molecule has 1 N–H and O–H groups in total. The average molecular weight is 469 g/mol. The fraction of sp³-hybridized carbons (Fsp3) is 0.304. The summed E-state index contributed by atoms with van der Waals surface area (Å²) in [5, 5.41) is 4.34. The summed E-state index contributed by atoms with van der Waals surface area (Å²) in [5.74, 6) is 0. The number of thiocarbonyl (C=S) groups is 1. The molecule has 150 valence electrons. The van der Waals surface area contributed by atoms with Gasteiger partial charge < -0.3 is 14.8 Å². The van der Waals surface area contributed by atoms with Crippen molar-refractivity contribution in [2.24, 2.45) is 0 Å². The van der Waals surface area contributed by atoms with Gasteiger partial charge in [0.05, 0.1) is 17.8 Å². The van der Waals surface area contributed by atoms with Crippen molar-refractivity contribution in [3.63, 3.8) is 0 Å². The first kappa shape index (κ1) is 20.1. The van der Waals surface area contributed by atoms with Gasteiger partial charge in [-0.3, -0.25) is 4.98 Å². The van der Waals surface area contributed by atoms with Gasteiger partial charge in [0, 0.05) is 34.3 Å². The van der Waals surface area contributed by atoms with E-state index in [9.17, 15) is 0 Å². The summed E-state index contributed by atoms with van der Waals surface area (Å²) in [7, 11) is 0. The minimum atomic E-state index is 0.0362. The Morgan fingerprint density at radius 1 is 1.14 bits per heavy atom. The predicted octanol–water partition coefficient (Wildman–Crippen LogP) is 5.63. The minimum Gasteiger partial charge on any atom is -0.352 e. The summed E-state index contributed by atoms with van der Waals surface area (Å²) in [6, 6.07) is 17.0. The molecule has 0 amide bonds. The summed E-state index contributed by atoms with van der Waals surface area (Å²) in [6.45, 7) is 7.48. The van der Waals surface area contributed by atoms with E-state index < -0.39 is 0 Å². The van der Waals surface area contributed by atoms with Crippen molar-refractivity contribution in [2.45, 2.75) is 39.3 Å². The fourth-order valence-corrected chi connectivity index (χ4v) is 4.90. The van der Waals surface area contributed by atoms with Gasteiger partial charge in [-0.2, -0.15) is 0 Å². The van der Waals surface area contributed by atoms with E-state index >= 15 is 0 Å². The summed E-state index contributed by atoms with van der Waals surface area (Å²) >= 11 is 9.26. The molecule has 4 rings (SSSR count). The number of rotatable bonds is 5. The Hall–Kier alpha value is -2.18. The van der Waals surface area contributed by atoms with Crippen LogP contribution in [0.3, 0.4) is 0 Å². The van der Waals surface area contributed by atoms with Crippen LogP contribution in [0.5, 0.6) is 0 Å². The summed E-state index contributed by atoms with van der Waals surface area (Å²) in [6.07, 6.45) is 2.89. The number of hydrogen-bond acceptors (Lipinski definition) is 2. The second-order valence-electron chi connectivity index (χ2n) is 7.46. The van der Waals surface area contributed by atoms with Crippen LogP contribution >= 0.6 is 28.1 Å². The van der Waals surface area contributed by atoms with Crippen LogP contribution in [-0.4, -0.2) is 26.1 Å². The van der Waals surface area contributed by atoms with Crippen LogP contribution in [0.25, 0.3) is 5.69 Å². The van der Waals surface area contributed by atoms with Crippen LogP contribution in [0.2, 0.25) is 0 Å². The van der Waals surface area contributed by atoms with E-state index in [2.05, 4.69) is 92.9 Å². The zero-order valence-electron chi connectivity index (χ0n) is 16.9. The molecular formula is C23H25BrN4S. The Labute approximate surface area is 186 Å². The second-order valence-corrected chi connectivity index (χ2v) is 8.76. The summed E-state index contributed by atoms with van der Waals surface area (Å²) in [5.41, 5.74) is 5.94. The molecule has 0 spiro atoms. The van der Waals surface area contributed by atoms with Crippen LogP contribution < -0.4 is 5.32 Å². The molecule has 3 aromatic rings. The zero-order chi connectivity index (χ0) is 20.5. The van der Waals surface area contributed by atoms with Crippen LogP contribution in [0.1, 0.15) is 48.1 Å². The van der Waals surface area contributed by atoms with Crippen molar-refractivity contribution in [1.29, 1.82) is 0 Å². The Morgan fingerprint density at radius 3 is 2.55 bits per heavy atom. The molecule has 3 heterocycles. The van der Waals surface area contributed by atoms with Gasteiger partial charge in [0.15, 0.2) is 5.11 Å². The third kappa shape index (κ3) is 3.71. The van der Waals surface area contributed by atoms with Crippen LogP contribution in [-0.2, 0) is 0 Å². The van der Waals surface area contributed by atoms with Gasteiger partial charge in [-0.05, 0) is 80.5 Å². The van der Waals surface area contributed by atoms with Crippen molar-refractivity contribution in [1.82, 2.24) is 19.8 Å². The van der Waals surface area contributed by atoms with Gasteiger partial charge in [0.1, 0.15) is 0 Å². The third-order valence-electron chi connectivity index (χ3n) is 5.54. The Kier molecular flexibility index (Phi) is 5.74. The number of benzene rings is 1. The lowest BCUT2D eigenvalue weighted by Crippen LogP contribution is -2.30. The molecule has 1 saturated heterocycles. The van der Waals surface area contributed by atoms with Crippen molar-refractivity contribution in [3.8, 4) is 5.69 Å². The first-order chi connectivity index (χ1) is 14.0. The van der Waals surface area contributed by atoms with E-state index in [0.29, 0.717) is 0 Å². The van der Waals surface area contributed by atoms with E-state index in [4.69, 9.17) is 12.2 Å². The number of hydrogen-bond donors (Lipinski definition) is 1. The van der Waals surface area contributed by atoms with E-state index in [0.717, 1.165) is 28.2 Å². The lowest BCUT2D eigenvalue weighted by Gasteiger charge is -2.27. The molecule has 1 fully saturated rings. The van der Waals surface area contributed by atoms with E-state index in [1.807, 2.05) is 18.3 Å². The molecule has 1 aliphatic rings. The quantitative estimate of drug-likeness (QED) is 0.491. The van der Waals surface area contributed by atoms with Crippen LogP contribution in [0, 0.1) is 13.8 Å². The zero-order valence-corrected chi connectivity index (χ0v) is 19.3. The van der Waals surface area contributed by atoms with E-state index in [-0.39, 0.29) is 12.1 Å². The van der Waals surface area contributed by atoms with Crippen molar-refractivity contribution < 1.29 is 0 Å². The highest BCUT2D eigenvalue weighted by molar-refractivity contribution is 9.10. The molecule has 0 saturated carbocycles. The molecular weight excluding hydrogens is 444 g/mol. The highest BCUT2D eigenvalue weighted by atomic mass is 79.9.